The molecule has 2 aromatic heterocycles. The molecule has 0 saturated heterocycles. The molecule has 0 aliphatic heterocycles. The van der Waals surface area contributed by atoms with Gasteiger partial charge < -0.3 is 11.1 Å². The van der Waals surface area contributed by atoms with Gasteiger partial charge in [0.25, 0.3) is 6.43 Å². The Balaban J connectivity index is 0.000000210. The zero-order valence-corrected chi connectivity index (χ0v) is 18.6. The third kappa shape index (κ3) is 5.99. The van der Waals surface area contributed by atoms with Crippen LogP contribution in [0.15, 0.2) is 60.9 Å². The average Bonchev–Trinajstić information content (AvgIpc) is 3.16. The lowest BCUT2D eigenvalue weighted by atomic mass is 9.94. The first-order valence-corrected chi connectivity index (χ1v) is 10.6. The molecule has 4 nitrogen and oxygen atoms in total. The molecule has 0 amide bonds. The number of aromatic nitrogens is 2. The predicted octanol–water partition coefficient (Wildman–Crippen LogP) is 7.31. The van der Waals surface area contributed by atoms with Gasteiger partial charge in [0.2, 0.25) is 0 Å². The maximum Gasteiger partial charge on any atom is 0.281 e. The van der Waals surface area contributed by atoms with Crippen molar-refractivity contribution in [2.24, 2.45) is 11.7 Å². The smallest absolute Gasteiger partial charge is 0.281 e. The molecule has 1 aliphatic rings. The quantitative estimate of drug-likeness (QED) is 0.425. The molecule has 3 aromatic rings. The summed E-state index contributed by atoms with van der Waals surface area (Å²) in [5.74, 6) is 1.50. The van der Waals surface area contributed by atoms with Gasteiger partial charge in [-0.15, -0.1) is 0 Å². The number of hydrogen-bond donors (Lipinski definition) is 2. The Kier molecular flexibility index (Phi) is 7.57. The minimum Gasteiger partial charge on any atom is -0.399 e. The van der Waals surface area contributed by atoms with Crippen molar-refractivity contribution in [3.05, 3.63) is 82.2 Å². The fourth-order valence-electron chi connectivity index (χ4n) is 3.23. The summed E-state index contributed by atoms with van der Waals surface area (Å²) in [7, 11) is 0. The van der Waals surface area contributed by atoms with E-state index in [-0.39, 0.29) is 5.69 Å². The standard InChI is InChI=1S/C15H17F2N3.C8H7Cl2N/c1-10-5-7-11(8-6-10)18-13-3-2-4-14-19-12(15(16)17)9-20(13)14;1-5(11)7-3-2-6(9)4-8(7)10/h2-4,7,9-10,15,18H,5-6,8H2,1H3;2-4H,1,11H2. The molecule has 4 rings (SSSR count). The molecule has 0 bridgehead atoms. The fourth-order valence-corrected chi connectivity index (χ4v) is 3.76. The topological polar surface area (TPSA) is 55.3 Å². The van der Waals surface area contributed by atoms with Crippen molar-refractivity contribution in [2.75, 3.05) is 5.32 Å². The molecule has 1 unspecified atom stereocenters. The van der Waals surface area contributed by atoms with Crippen LogP contribution in [0.25, 0.3) is 11.3 Å². The van der Waals surface area contributed by atoms with Crippen LogP contribution in [0.1, 0.15) is 43.9 Å². The first kappa shape index (κ1) is 23.1. The summed E-state index contributed by atoms with van der Waals surface area (Å²) in [5.41, 5.74) is 8.13. The number of anilines is 1. The number of allylic oxidation sites excluding steroid dienone is 2. The Bertz CT molecular complexity index is 1110. The molecule has 164 valence electrons. The fraction of sp³-hybridized carbons (Fsp3) is 0.261. The molecule has 0 spiro atoms. The number of hydrogen-bond acceptors (Lipinski definition) is 3. The molecular formula is C23H24Cl2F2N4. The van der Waals surface area contributed by atoms with Crippen LogP contribution < -0.4 is 11.1 Å². The number of nitrogens with zero attached hydrogens (tertiary/aromatic N) is 2. The van der Waals surface area contributed by atoms with Crippen LogP contribution in [0.3, 0.4) is 0 Å². The molecule has 0 fully saturated rings. The van der Waals surface area contributed by atoms with E-state index >= 15 is 0 Å². The van der Waals surface area contributed by atoms with E-state index in [1.807, 2.05) is 12.1 Å². The van der Waals surface area contributed by atoms with Crippen LogP contribution in [-0.2, 0) is 0 Å². The Morgan fingerprint density at radius 1 is 1.29 bits per heavy atom. The molecular weight excluding hydrogens is 441 g/mol. The lowest BCUT2D eigenvalue weighted by Crippen LogP contribution is -2.09. The number of nitrogens with two attached hydrogens (primary N) is 1. The second-order valence-corrected chi connectivity index (χ2v) is 8.33. The van der Waals surface area contributed by atoms with Crippen molar-refractivity contribution < 1.29 is 8.78 Å². The lowest BCUT2D eigenvalue weighted by Gasteiger charge is -2.20. The summed E-state index contributed by atoms with van der Waals surface area (Å²) in [6.45, 7) is 5.80. The maximum atomic E-state index is 12.7. The second kappa shape index (κ2) is 10.2. The van der Waals surface area contributed by atoms with Gasteiger partial charge in [0.15, 0.2) is 0 Å². The first-order chi connectivity index (χ1) is 14.7. The van der Waals surface area contributed by atoms with E-state index in [0.29, 0.717) is 21.4 Å². The Morgan fingerprint density at radius 3 is 2.68 bits per heavy atom. The van der Waals surface area contributed by atoms with E-state index in [1.165, 1.54) is 6.20 Å². The van der Waals surface area contributed by atoms with Crippen LogP contribution >= 0.6 is 23.2 Å². The molecule has 1 atom stereocenters. The van der Waals surface area contributed by atoms with Crippen LogP contribution in [-0.4, -0.2) is 9.38 Å². The van der Waals surface area contributed by atoms with Crippen molar-refractivity contribution >= 4 is 40.4 Å². The number of alkyl halides is 2. The number of pyridine rings is 1. The lowest BCUT2D eigenvalue weighted by molar-refractivity contribution is 0.147. The summed E-state index contributed by atoms with van der Waals surface area (Å²) >= 11 is 11.5. The minimum atomic E-state index is -2.54. The van der Waals surface area contributed by atoms with Gasteiger partial charge in [0, 0.05) is 28.2 Å². The monoisotopic (exact) mass is 464 g/mol. The molecule has 2 heterocycles. The van der Waals surface area contributed by atoms with E-state index in [0.717, 1.165) is 42.3 Å². The zero-order chi connectivity index (χ0) is 22.5. The molecule has 31 heavy (non-hydrogen) atoms. The van der Waals surface area contributed by atoms with Crippen LogP contribution in [0.2, 0.25) is 10.0 Å². The molecule has 3 N–H and O–H groups in total. The Morgan fingerprint density at radius 2 is 2.06 bits per heavy atom. The average molecular weight is 465 g/mol. The highest BCUT2D eigenvalue weighted by atomic mass is 35.5. The van der Waals surface area contributed by atoms with E-state index in [2.05, 4.69) is 29.9 Å². The largest absolute Gasteiger partial charge is 0.399 e. The van der Waals surface area contributed by atoms with Gasteiger partial charge in [-0.1, -0.05) is 48.8 Å². The van der Waals surface area contributed by atoms with Crippen molar-refractivity contribution in [3.63, 3.8) is 0 Å². The van der Waals surface area contributed by atoms with Gasteiger partial charge in [-0.25, -0.2) is 13.8 Å². The predicted molar refractivity (Wildman–Crippen MR) is 125 cm³/mol. The van der Waals surface area contributed by atoms with Gasteiger partial charge in [-0.05, 0) is 55.5 Å². The third-order valence-electron chi connectivity index (χ3n) is 4.97. The molecule has 1 aromatic carbocycles. The second-order valence-electron chi connectivity index (χ2n) is 7.49. The summed E-state index contributed by atoms with van der Waals surface area (Å²) in [5, 5.41) is 4.47. The van der Waals surface area contributed by atoms with Gasteiger partial charge in [0.05, 0.1) is 5.02 Å². The summed E-state index contributed by atoms with van der Waals surface area (Å²) in [6, 6.07) is 10.5. The Hall–Kier alpha value is -2.57. The number of nitrogens with one attached hydrogen (secondary N) is 1. The van der Waals surface area contributed by atoms with Crippen molar-refractivity contribution in [2.45, 2.75) is 32.6 Å². The van der Waals surface area contributed by atoms with Crippen molar-refractivity contribution in [3.8, 4) is 0 Å². The highest BCUT2D eigenvalue weighted by Crippen LogP contribution is 2.26. The van der Waals surface area contributed by atoms with E-state index in [4.69, 9.17) is 28.9 Å². The van der Waals surface area contributed by atoms with Gasteiger partial charge >= 0.3 is 0 Å². The normalized spacial score (nSPS) is 15.9. The maximum absolute atomic E-state index is 12.7. The van der Waals surface area contributed by atoms with E-state index in [9.17, 15) is 8.78 Å². The number of benzene rings is 1. The van der Waals surface area contributed by atoms with Crippen LogP contribution in [0, 0.1) is 5.92 Å². The third-order valence-corrected chi connectivity index (χ3v) is 5.52. The van der Waals surface area contributed by atoms with Crippen molar-refractivity contribution in [1.82, 2.24) is 9.38 Å². The van der Waals surface area contributed by atoms with Crippen molar-refractivity contribution in [1.29, 1.82) is 0 Å². The molecule has 8 heteroatoms. The minimum absolute atomic E-state index is 0.189. The highest BCUT2D eigenvalue weighted by molar-refractivity contribution is 6.35. The van der Waals surface area contributed by atoms with Crippen LogP contribution in [0.5, 0.6) is 0 Å². The molecule has 1 aliphatic carbocycles. The molecule has 0 saturated carbocycles. The highest BCUT2D eigenvalue weighted by Gasteiger charge is 2.15. The SMILES string of the molecule is C=C(N)c1ccc(Cl)cc1Cl.CC1CC=C(Nc2cccc3nc(C(F)F)cn23)CC1. The van der Waals surface area contributed by atoms with E-state index in [1.54, 1.807) is 28.7 Å². The summed E-state index contributed by atoms with van der Waals surface area (Å²) in [6.07, 6.45) is 4.25. The van der Waals surface area contributed by atoms with Gasteiger partial charge in [-0.3, -0.25) is 4.40 Å². The summed E-state index contributed by atoms with van der Waals surface area (Å²) < 4.78 is 27.1. The Labute approximate surface area is 190 Å². The first-order valence-electron chi connectivity index (χ1n) is 9.86. The molecule has 0 radical (unpaired) electrons. The number of imidazole rings is 1. The van der Waals surface area contributed by atoms with Crippen LogP contribution in [0.4, 0.5) is 14.6 Å². The van der Waals surface area contributed by atoms with Gasteiger partial charge in [0.1, 0.15) is 17.2 Å². The number of fused-ring (bicyclic) bond motifs is 1. The number of rotatable bonds is 4. The van der Waals surface area contributed by atoms with Gasteiger partial charge in [-0.2, -0.15) is 0 Å². The number of halogens is 4. The zero-order valence-electron chi connectivity index (χ0n) is 17.1. The summed E-state index contributed by atoms with van der Waals surface area (Å²) in [4.78, 5) is 3.93. The van der Waals surface area contributed by atoms with E-state index < -0.39 is 6.43 Å².